The van der Waals surface area contributed by atoms with Gasteiger partial charge in [-0.1, -0.05) is 33.8 Å². The van der Waals surface area contributed by atoms with Gasteiger partial charge in [-0.25, -0.2) is 0 Å². The van der Waals surface area contributed by atoms with Crippen molar-refractivity contribution in [3.05, 3.63) is 29.6 Å². The molecule has 16 heavy (non-hydrogen) atoms. The van der Waals surface area contributed by atoms with Gasteiger partial charge in [0.05, 0.1) is 0 Å². The van der Waals surface area contributed by atoms with Crippen LogP contribution in [0, 0.1) is 0 Å². The third kappa shape index (κ3) is 3.07. The van der Waals surface area contributed by atoms with Crippen LogP contribution in [0.5, 0.6) is 0 Å². The minimum Gasteiger partial charge on any atom is -0.261 e. The van der Waals surface area contributed by atoms with E-state index < -0.39 is 0 Å². The van der Waals surface area contributed by atoms with Crippen LogP contribution < -0.4 is 0 Å². The third-order valence-electron chi connectivity index (χ3n) is 3.67. The molecular formula is C15H25N. The molecule has 0 spiro atoms. The van der Waals surface area contributed by atoms with Crippen molar-refractivity contribution in [3.63, 3.8) is 0 Å². The molecule has 1 heterocycles. The van der Waals surface area contributed by atoms with Gasteiger partial charge in [0.2, 0.25) is 0 Å². The Balaban J connectivity index is 2.81. The van der Waals surface area contributed by atoms with E-state index in [2.05, 4.69) is 51.0 Å². The molecule has 0 amide bonds. The monoisotopic (exact) mass is 219 g/mol. The van der Waals surface area contributed by atoms with Crippen LogP contribution in [0.3, 0.4) is 0 Å². The molecule has 0 saturated carbocycles. The summed E-state index contributed by atoms with van der Waals surface area (Å²) in [6.07, 6.45) is 6.89. The fourth-order valence-electron chi connectivity index (χ4n) is 2.37. The van der Waals surface area contributed by atoms with E-state index in [-0.39, 0.29) is 0 Å². The van der Waals surface area contributed by atoms with Gasteiger partial charge in [-0.05, 0) is 43.2 Å². The zero-order chi connectivity index (χ0) is 12.0. The van der Waals surface area contributed by atoms with E-state index in [9.17, 15) is 0 Å². The van der Waals surface area contributed by atoms with Crippen LogP contribution >= 0.6 is 0 Å². The van der Waals surface area contributed by atoms with E-state index in [1.807, 2.05) is 0 Å². The van der Waals surface area contributed by atoms with Crippen LogP contribution in [0.4, 0.5) is 0 Å². The Morgan fingerprint density at radius 3 is 1.81 bits per heavy atom. The fraction of sp³-hybridized carbons (Fsp3) is 0.667. The second kappa shape index (κ2) is 6.67. The Kier molecular flexibility index (Phi) is 5.51. The van der Waals surface area contributed by atoms with Crippen molar-refractivity contribution in [1.29, 1.82) is 0 Å². The van der Waals surface area contributed by atoms with Crippen LogP contribution in [0.2, 0.25) is 0 Å². The van der Waals surface area contributed by atoms with Gasteiger partial charge < -0.3 is 0 Å². The minimum atomic E-state index is 0.635. The third-order valence-corrected chi connectivity index (χ3v) is 3.67. The summed E-state index contributed by atoms with van der Waals surface area (Å²) in [7, 11) is 0. The van der Waals surface area contributed by atoms with E-state index in [0.717, 1.165) is 0 Å². The molecule has 1 nitrogen and oxygen atoms in total. The number of aromatic nitrogens is 1. The summed E-state index contributed by atoms with van der Waals surface area (Å²) in [6.45, 7) is 8.99. The van der Waals surface area contributed by atoms with Gasteiger partial charge >= 0.3 is 0 Å². The molecule has 0 atom stereocenters. The van der Waals surface area contributed by atoms with Crippen LogP contribution in [0.1, 0.15) is 76.5 Å². The molecule has 1 aromatic rings. The Hall–Kier alpha value is -0.850. The number of hydrogen-bond acceptors (Lipinski definition) is 1. The topological polar surface area (TPSA) is 12.9 Å². The lowest BCUT2D eigenvalue weighted by atomic mass is 9.93. The molecule has 0 aromatic carbocycles. The highest BCUT2D eigenvalue weighted by atomic mass is 14.7. The summed E-state index contributed by atoms with van der Waals surface area (Å²) < 4.78 is 0. The van der Waals surface area contributed by atoms with Crippen molar-refractivity contribution >= 4 is 0 Å². The molecule has 0 N–H and O–H groups in total. The largest absolute Gasteiger partial charge is 0.261 e. The average molecular weight is 219 g/mol. The van der Waals surface area contributed by atoms with Crippen molar-refractivity contribution in [1.82, 2.24) is 4.98 Å². The molecule has 1 aromatic heterocycles. The second-order valence-electron chi connectivity index (χ2n) is 4.54. The van der Waals surface area contributed by atoms with Gasteiger partial charge in [-0.3, -0.25) is 4.98 Å². The molecule has 1 heteroatoms. The molecule has 0 aliphatic rings. The predicted molar refractivity (Wildman–Crippen MR) is 70.9 cm³/mol. The Morgan fingerprint density at radius 2 is 1.44 bits per heavy atom. The normalized spacial score (nSPS) is 11.4. The van der Waals surface area contributed by atoms with E-state index in [0.29, 0.717) is 11.8 Å². The maximum absolute atomic E-state index is 4.64. The first-order valence-electron chi connectivity index (χ1n) is 6.72. The molecule has 0 aliphatic carbocycles. The summed E-state index contributed by atoms with van der Waals surface area (Å²) in [5, 5.41) is 0. The van der Waals surface area contributed by atoms with Crippen molar-refractivity contribution < 1.29 is 0 Å². The lowest BCUT2D eigenvalue weighted by Crippen LogP contribution is -2.01. The zero-order valence-electron chi connectivity index (χ0n) is 11.2. The summed E-state index contributed by atoms with van der Waals surface area (Å²) in [4.78, 5) is 4.64. The van der Waals surface area contributed by atoms with Gasteiger partial charge in [0.1, 0.15) is 0 Å². The lowest BCUT2D eigenvalue weighted by molar-refractivity contribution is 0.613. The number of pyridine rings is 1. The molecule has 0 aliphatic heterocycles. The molecule has 0 fully saturated rings. The molecule has 0 bridgehead atoms. The second-order valence-corrected chi connectivity index (χ2v) is 4.54. The molecule has 1 rings (SSSR count). The summed E-state index contributed by atoms with van der Waals surface area (Å²) >= 11 is 0. The number of rotatable bonds is 6. The maximum atomic E-state index is 4.64. The number of nitrogens with zero attached hydrogens (tertiary/aromatic N) is 1. The van der Waals surface area contributed by atoms with Gasteiger partial charge in [-0.15, -0.1) is 0 Å². The van der Waals surface area contributed by atoms with E-state index in [1.165, 1.54) is 36.9 Å². The summed E-state index contributed by atoms with van der Waals surface area (Å²) in [5.41, 5.74) is 2.67. The van der Waals surface area contributed by atoms with Crippen LogP contribution in [0.25, 0.3) is 0 Å². The molecular weight excluding hydrogens is 194 g/mol. The highest BCUT2D eigenvalue weighted by molar-refractivity contribution is 5.20. The Bertz CT molecular complexity index is 250. The summed E-state index contributed by atoms with van der Waals surface area (Å²) in [6, 6.07) is 4.50. The Labute approximate surface area is 100 Å². The van der Waals surface area contributed by atoms with E-state index >= 15 is 0 Å². The first kappa shape index (κ1) is 13.2. The van der Waals surface area contributed by atoms with Crippen molar-refractivity contribution in [2.24, 2.45) is 0 Å². The van der Waals surface area contributed by atoms with Crippen molar-refractivity contribution in [2.75, 3.05) is 0 Å². The predicted octanol–water partition coefficient (Wildman–Crippen LogP) is 4.89. The van der Waals surface area contributed by atoms with E-state index in [1.54, 1.807) is 0 Å². The van der Waals surface area contributed by atoms with Crippen molar-refractivity contribution in [3.8, 4) is 0 Å². The minimum absolute atomic E-state index is 0.635. The molecule has 0 radical (unpaired) electrons. The number of hydrogen-bond donors (Lipinski definition) is 0. The smallest absolute Gasteiger partial charge is 0.0434 e. The summed E-state index contributed by atoms with van der Waals surface area (Å²) in [5.74, 6) is 1.32. The van der Waals surface area contributed by atoms with Gasteiger partial charge in [-0.2, -0.15) is 0 Å². The quantitative estimate of drug-likeness (QED) is 0.664. The standard InChI is InChI=1S/C15H25N/c1-5-12(6-2)14-9-10-15(16-11-14)13(7-3)8-4/h9-13H,5-8H2,1-4H3. The van der Waals surface area contributed by atoms with Crippen LogP contribution in [-0.2, 0) is 0 Å². The Morgan fingerprint density at radius 1 is 0.875 bits per heavy atom. The van der Waals surface area contributed by atoms with Gasteiger partial charge in [0.25, 0.3) is 0 Å². The fourth-order valence-corrected chi connectivity index (χ4v) is 2.37. The highest BCUT2D eigenvalue weighted by Gasteiger charge is 2.10. The van der Waals surface area contributed by atoms with Gasteiger partial charge in [0, 0.05) is 17.8 Å². The van der Waals surface area contributed by atoms with Crippen molar-refractivity contribution in [2.45, 2.75) is 65.2 Å². The van der Waals surface area contributed by atoms with Crippen LogP contribution in [0.15, 0.2) is 18.3 Å². The highest BCUT2D eigenvalue weighted by Crippen LogP contribution is 2.25. The SMILES string of the molecule is CCC(CC)c1ccc(C(CC)CC)nc1. The van der Waals surface area contributed by atoms with Gasteiger partial charge in [0.15, 0.2) is 0 Å². The molecule has 0 saturated heterocycles. The first-order chi connectivity index (χ1) is 7.76. The molecule has 0 unspecified atom stereocenters. The average Bonchev–Trinajstić information content (AvgIpc) is 2.34. The lowest BCUT2D eigenvalue weighted by Gasteiger charge is -2.15. The molecule has 90 valence electrons. The van der Waals surface area contributed by atoms with Crippen LogP contribution in [-0.4, -0.2) is 4.98 Å². The van der Waals surface area contributed by atoms with E-state index in [4.69, 9.17) is 0 Å². The maximum Gasteiger partial charge on any atom is 0.0434 e. The first-order valence-corrected chi connectivity index (χ1v) is 6.72. The zero-order valence-corrected chi connectivity index (χ0v) is 11.2.